The lowest BCUT2D eigenvalue weighted by Gasteiger charge is -2.46. The van der Waals surface area contributed by atoms with Gasteiger partial charge in [-0.25, -0.2) is 0 Å². The number of nitrogens with zero attached hydrogens (tertiary/aromatic N) is 1. The van der Waals surface area contributed by atoms with Gasteiger partial charge in [-0.2, -0.15) is 0 Å². The first-order valence-corrected chi connectivity index (χ1v) is 7.80. The van der Waals surface area contributed by atoms with E-state index in [9.17, 15) is 0 Å². The molecule has 2 N–H and O–H groups in total. The molecule has 3 heteroatoms. The van der Waals surface area contributed by atoms with Crippen LogP contribution in [0.25, 0.3) is 0 Å². The van der Waals surface area contributed by atoms with Crippen LogP contribution in [-0.4, -0.2) is 36.2 Å². The van der Waals surface area contributed by atoms with Crippen molar-refractivity contribution in [1.82, 2.24) is 4.90 Å². The Morgan fingerprint density at radius 3 is 2.30 bits per heavy atom. The molecule has 20 heavy (non-hydrogen) atoms. The third kappa shape index (κ3) is 2.50. The van der Waals surface area contributed by atoms with Gasteiger partial charge in [-0.1, -0.05) is 31.2 Å². The highest BCUT2D eigenvalue weighted by atomic mass is 16.5. The van der Waals surface area contributed by atoms with E-state index in [0.29, 0.717) is 24.2 Å². The van der Waals surface area contributed by atoms with E-state index in [1.165, 1.54) is 11.1 Å². The van der Waals surface area contributed by atoms with Crippen LogP contribution < -0.4 is 5.73 Å². The van der Waals surface area contributed by atoms with Gasteiger partial charge < -0.3 is 10.5 Å². The zero-order valence-corrected chi connectivity index (χ0v) is 12.8. The third-order valence-electron chi connectivity index (χ3n) is 4.81. The number of benzene rings is 1. The first-order chi connectivity index (χ1) is 9.56. The van der Waals surface area contributed by atoms with Crippen molar-refractivity contribution in [3.63, 3.8) is 0 Å². The van der Waals surface area contributed by atoms with Crippen molar-refractivity contribution in [3.05, 3.63) is 35.4 Å². The number of nitrogens with two attached hydrogens (primary N) is 1. The van der Waals surface area contributed by atoms with E-state index in [1.54, 1.807) is 0 Å². The van der Waals surface area contributed by atoms with Crippen LogP contribution in [0.3, 0.4) is 0 Å². The fourth-order valence-electron chi connectivity index (χ4n) is 3.97. The van der Waals surface area contributed by atoms with Crippen LogP contribution >= 0.6 is 0 Å². The third-order valence-corrected chi connectivity index (χ3v) is 4.81. The van der Waals surface area contributed by atoms with Gasteiger partial charge in [0.15, 0.2) is 0 Å². The maximum Gasteiger partial charge on any atom is 0.0678 e. The van der Waals surface area contributed by atoms with Gasteiger partial charge in [0.2, 0.25) is 0 Å². The molecule has 0 bridgehead atoms. The molecule has 1 heterocycles. The van der Waals surface area contributed by atoms with E-state index >= 15 is 0 Å². The van der Waals surface area contributed by atoms with E-state index < -0.39 is 0 Å². The lowest BCUT2D eigenvalue weighted by atomic mass is 9.77. The number of fused-ring (bicyclic) bond motifs is 1. The monoisotopic (exact) mass is 274 g/mol. The van der Waals surface area contributed by atoms with Crippen molar-refractivity contribution in [2.45, 2.75) is 57.4 Å². The lowest BCUT2D eigenvalue weighted by Crippen LogP contribution is -2.54. The van der Waals surface area contributed by atoms with E-state index in [1.807, 2.05) is 0 Å². The summed E-state index contributed by atoms with van der Waals surface area (Å²) in [6.07, 6.45) is 1.76. The van der Waals surface area contributed by atoms with Crippen LogP contribution in [0.2, 0.25) is 0 Å². The summed E-state index contributed by atoms with van der Waals surface area (Å²) in [4.78, 5) is 2.55. The van der Waals surface area contributed by atoms with Gasteiger partial charge in [0.1, 0.15) is 0 Å². The molecule has 0 spiro atoms. The highest BCUT2D eigenvalue weighted by Crippen LogP contribution is 2.39. The number of morpholine rings is 1. The average molecular weight is 274 g/mol. The molecule has 1 aromatic rings. The molecule has 110 valence electrons. The molecular weight excluding hydrogens is 248 g/mol. The Kier molecular flexibility index (Phi) is 3.85. The van der Waals surface area contributed by atoms with Crippen molar-refractivity contribution < 1.29 is 4.74 Å². The van der Waals surface area contributed by atoms with Gasteiger partial charge in [0.05, 0.1) is 12.2 Å². The summed E-state index contributed by atoms with van der Waals surface area (Å²) in [6, 6.07) is 9.24. The predicted octanol–water partition coefficient (Wildman–Crippen LogP) is 2.67. The molecule has 1 aliphatic carbocycles. The topological polar surface area (TPSA) is 38.5 Å². The molecule has 0 saturated carbocycles. The van der Waals surface area contributed by atoms with Crippen molar-refractivity contribution in [3.8, 4) is 0 Å². The van der Waals surface area contributed by atoms with Gasteiger partial charge in [-0.15, -0.1) is 0 Å². The van der Waals surface area contributed by atoms with Crippen LogP contribution in [-0.2, 0) is 4.74 Å². The molecule has 1 aromatic carbocycles. The summed E-state index contributed by atoms with van der Waals surface area (Å²) >= 11 is 0. The number of rotatable bonds is 1. The minimum Gasteiger partial charge on any atom is -0.373 e. The normalized spacial score (nSPS) is 38.5. The smallest absolute Gasteiger partial charge is 0.0678 e. The molecule has 5 atom stereocenters. The van der Waals surface area contributed by atoms with Crippen molar-refractivity contribution in [2.24, 2.45) is 5.73 Å². The summed E-state index contributed by atoms with van der Waals surface area (Å²) < 4.78 is 5.86. The Hall–Kier alpha value is -0.900. The SMILES string of the molecule is CC1CN(C2CC(C)c3ccccc3C2N)CC(C)O1. The van der Waals surface area contributed by atoms with Crippen molar-refractivity contribution in [2.75, 3.05) is 13.1 Å². The molecule has 0 amide bonds. The number of ether oxygens (including phenoxy) is 1. The molecule has 1 aliphatic heterocycles. The predicted molar refractivity (Wildman–Crippen MR) is 81.8 cm³/mol. The highest BCUT2D eigenvalue weighted by molar-refractivity contribution is 5.36. The minimum atomic E-state index is 0.125. The molecular formula is C17H26N2O. The standard InChI is InChI=1S/C17H26N2O/c1-11-8-16(19-9-12(2)20-13(3)10-19)17(18)15-7-5-4-6-14(11)15/h4-7,11-13,16-17H,8-10,18H2,1-3H3. The average Bonchev–Trinajstić information content (AvgIpc) is 2.42. The fraction of sp³-hybridized carbons (Fsp3) is 0.647. The minimum absolute atomic E-state index is 0.125. The first-order valence-electron chi connectivity index (χ1n) is 7.80. The zero-order valence-electron chi connectivity index (χ0n) is 12.8. The van der Waals surface area contributed by atoms with E-state index in [-0.39, 0.29) is 6.04 Å². The lowest BCUT2D eigenvalue weighted by molar-refractivity contribution is -0.0855. The van der Waals surface area contributed by atoms with Gasteiger partial charge in [-0.3, -0.25) is 4.90 Å². The summed E-state index contributed by atoms with van der Waals surface area (Å²) in [6.45, 7) is 8.64. The number of hydrogen-bond donors (Lipinski definition) is 1. The molecule has 0 radical (unpaired) electrons. The Morgan fingerprint density at radius 2 is 1.65 bits per heavy atom. The summed E-state index contributed by atoms with van der Waals surface area (Å²) in [5.41, 5.74) is 9.36. The zero-order chi connectivity index (χ0) is 14.3. The Bertz CT molecular complexity index is 466. The summed E-state index contributed by atoms with van der Waals surface area (Å²) in [7, 11) is 0. The van der Waals surface area contributed by atoms with Crippen LogP contribution in [0.15, 0.2) is 24.3 Å². The van der Waals surface area contributed by atoms with Crippen LogP contribution in [0.1, 0.15) is 50.3 Å². The van der Waals surface area contributed by atoms with Gasteiger partial charge in [0, 0.05) is 25.2 Å². The second-order valence-electron chi connectivity index (χ2n) is 6.57. The first kappa shape index (κ1) is 14.1. The van der Waals surface area contributed by atoms with E-state index in [4.69, 9.17) is 10.5 Å². The van der Waals surface area contributed by atoms with Gasteiger partial charge >= 0.3 is 0 Å². The highest BCUT2D eigenvalue weighted by Gasteiger charge is 2.37. The molecule has 1 fully saturated rings. The van der Waals surface area contributed by atoms with Crippen molar-refractivity contribution in [1.29, 1.82) is 0 Å². The van der Waals surface area contributed by atoms with Gasteiger partial charge in [-0.05, 0) is 37.3 Å². The molecule has 2 aliphatic rings. The largest absolute Gasteiger partial charge is 0.373 e. The quantitative estimate of drug-likeness (QED) is 0.855. The molecule has 0 aromatic heterocycles. The summed E-state index contributed by atoms with van der Waals surface area (Å²) in [5, 5.41) is 0. The van der Waals surface area contributed by atoms with E-state index in [0.717, 1.165) is 19.5 Å². The second kappa shape index (κ2) is 5.47. The maximum atomic E-state index is 6.59. The second-order valence-corrected chi connectivity index (χ2v) is 6.57. The Balaban J connectivity index is 1.85. The van der Waals surface area contributed by atoms with E-state index in [2.05, 4.69) is 49.9 Å². The van der Waals surface area contributed by atoms with Crippen LogP contribution in [0.4, 0.5) is 0 Å². The van der Waals surface area contributed by atoms with Gasteiger partial charge in [0.25, 0.3) is 0 Å². The molecule has 3 rings (SSSR count). The maximum absolute atomic E-state index is 6.59. The molecule has 5 unspecified atom stereocenters. The Morgan fingerprint density at radius 1 is 1.05 bits per heavy atom. The van der Waals surface area contributed by atoms with Crippen molar-refractivity contribution >= 4 is 0 Å². The molecule has 3 nitrogen and oxygen atoms in total. The fourth-order valence-corrected chi connectivity index (χ4v) is 3.97. The van der Waals surface area contributed by atoms with Crippen LogP contribution in [0.5, 0.6) is 0 Å². The van der Waals surface area contributed by atoms with Crippen LogP contribution in [0, 0.1) is 0 Å². The Labute approximate surface area is 122 Å². The number of hydrogen-bond acceptors (Lipinski definition) is 3. The summed E-state index contributed by atoms with van der Waals surface area (Å²) in [5.74, 6) is 0.587. The molecule has 1 saturated heterocycles.